The third-order valence-corrected chi connectivity index (χ3v) is 4.86. The van der Waals surface area contributed by atoms with Gasteiger partial charge in [-0.05, 0) is 52.3 Å². The van der Waals surface area contributed by atoms with E-state index in [-0.39, 0.29) is 10.7 Å². The van der Waals surface area contributed by atoms with Gasteiger partial charge in [-0.2, -0.15) is 13.2 Å². The van der Waals surface area contributed by atoms with Crippen molar-refractivity contribution in [2.45, 2.75) is 12.3 Å². The minimum absolute atomic E-state index is 0.104. The zero-order valence-electron chi connectivity index (χ0n) is 16.0. The number of benzene rings is 2. The topological polar surface area (TPSA) is 68.5 Å². The molecule has 1 aromatic heterocycles. The standard InChI is InChI=1S/C22H14BrClF3NO4/c23-18-10-7-15(31-18)8-11-19(29)32-20(13-4-2-1-3-5-13)21(30)28-17-12-14(22(25,26)27)6-9-16(17)24/h1-12,20H,(H,28,30)/b11-8+/t20-/m0/s1. The SMILES string of the molecule is O=C(/C=C/c1ccc(Br)o1)O[C@H](C(=O)Nc1cc(C(F)(F)F)ccc1Cl)c1ccccc1. The number of carbonyl (C=O) groups is 2. The lowest BCUT2D eigenvalue weighted by Crippen LogP contribution is -2.25. The number of amides is 1. The van der Waals surface area contributed by atoms with Gasteiger partial charge in [-0.3, -0.25) is 4.79 Å². The van der Waals surface area contributed by atoms with Crippen molar-refractivity contribution in [3.8, 4) is 0 Å². The van der Waals surface area contributed by atoms with Crippen LogP contribution in [0.3, 0.4) is 0 Å². The van der Waals surface area contributed by atoms with Crippen LogP contribution >= 0.6 is 27.5 Å². The van der Waals surface area contributed by atoms with Gasteiger partial charge in [0.2, 0.25) is 6.10 Å². The lowest BCUT2D eigenvalue weighted by atomic mass is 10.1. The fraction of sp³-hybridized carbons (Fsp3) is 0.0909. The van der Waals surface area contributed by atoms with Gasteiger partial charge in [0, 0.05) is 11.6 Å². The zero-order chi connectivity index (χ0) is 23.3. The molecule has 0 saturated carbocycles. The number of hydrogen-bond acceptors (Lipinski definition) is 4. The van der Waals surface area contributed by atoms with Crippen LogP contribution in [0.25, 0.3) is 6.08 Å². The summed E-state index contributed by atoms with van der Waals surface area (Å²) in [5, 5.41) is 2.20. The molecular weight excluding hydrogens is 515 g/mol. The Labute approximate surface area is 193 Å². The van der Waals surface area contributed by atoms with Crippen LogP contribution in [0.2, 0.25) is 5.02 Å². The molecule has 0 saturated heterocycles. The Balaban J connectivity index is 1.82. The van der Waals surface area contributed by atoms with Gasteiger partial charge >= 0.3 is 12.1 Å². The number of hydrogen-bond donors (Lipinski definition) is 1. The number of ether oxygens (including phenoxy) is 1. The van der Waals surface area contributed by atoms with Crippen molar-refractivity contribution in [3.63, 3.8) is 0 Å². The maximum Gasteiger partial charge on any atom is 0.416 e. The predicted molar refractivity (Wildman–Crippen MR) is 116 cm³/mol. The van der Waals surface area contributed by atoms with Crippen LogP contribution in [-0.2, 0) is 20.5 Å². The lowest BCUT2D eigenvalue weighted by molar-refractivity contribution is -0.149. The van der Waals surface area contributed by atoms with Crippen molar-refractivity contribution in [1.29, 1.82) is 0 Å². The predicted octanol–water partition coefficient (Wildman–Crippen LogP) is 6.65. The first-order chi connectivity index (χ1) is 15.1. The van der Waals surface area contributed by atoms with E-state index in [1.165, 1.54) is 6.08 Å². The molecule has 0 fully saturated rings. The van der Waals surface area contributed by atoms with E-state index in [4.69, 9.17) is 20.8 Å². The summed E-state index contributed by atoms with van der Waals surface area (Å²) in [7, 11) is 0. The molecular formula is C22H14BrClF3NO4. The molecule has 0 spiro atoms. The van der Waals surface area contributed by atoms with Crippen molar-refractivity contribution < 1.29 is 31.9 Å². The summed E-state index contributed by atoms with van der Waals surface area (Å²) in [6.45, 7) is 0. The highest BCUT2D eigenvalue weighted by atomic mass is 79.9. The quantitative estimate of drug-likeness (QED) is 0.287. The first-order valence-electron chi connectivity index (χ1n) is 9.00. The van der Waals surface area contributed by atoms with E-state index in [0.717, 1.165) is 18.2 Å². The van der Waals surface area contributed by atoms with Crippen LogP contribution in [0.4, 0.5) is 18.9 Å². The summed E-state index contributed by atoms with van der Waals surface area (Å²) in [5.74, 6) is -1.37. The Morgan fingerprint density at radius 1 is 1.09 bits per heavy atom. The van der Waals surface area contributed by atoms with Crippen LogP contribution in [0.15, 0.2) is 75.8 Å². The molecule has 1 atom stereocenters. The number of nitrogens with one attached hydrogen (secondary N) is 1. The Hall–Kier alpha value is -3.04. The highest BCUT2D eigenvalue weighted by Gasteiger charge is 2.32. The van der Waals surface area contributed by atoms with Gasteiger partial charge in [0.15, 0.2) is 4.67 Å². The second-order valence-electron chi connectivity index (χ2n) is 6.38. The summed E-state index contributed by atoms with van der Waals surface area (Å²) >= 11 is 9.08. The van der Waals surface area contributed by atoms with E-state index in [0.29, 0.717) is 22.1 Å². The van der Waals surface area contributed by atoms with E-state index in [2.05, 4.69) is 21.2 Å². The Kier molecular flexibility index (Phi) is 7.42. The second kappa shape index (κ2) is 10.1. The molecule has 10 heteroatoms. The fourth-order valence-corrected chi connectivity index (χ4v) is 3.10. The van der Waals surface area contributed by atoms with Crippen molar-refractivity contribution in [2.24, 2.45) is 0 Å². The molecule has 0 bridgehead atoms. The molecule has 3 rings (SSSR count). The van der Waals surface area contributed by atoms with Gasteiger partial charge in [0.05, 0.1) is 16.3 Å². The van der Waals surface area contributed by atoms with Crippen LogP contribution in [0, 0.1) is 0 Å². The van der Waals surface area contributed by atoms with E-state index in [9.17, 15) is 22.8 Å². The summed E-state index contributed by atoms with van der Waals surface area (Å²) < 4.78 is 50.0. The molecule has 166 valence electrons. The summed E-state index contributed by atoms with van der Waals surface area (Å²) in [5.41, 5.74) is -0.937. The van der Waals surface area contributed by atoms with Gasteiger partial charge in [-0.25, -0.2) is 4.79 Å². The Morgan fingerprint density at radius 3 is 2.44 bits per heavy atom. The third kappa shape index (κ3) is 6.24. The smallest absolute Gasteiger partial charge is 0.416 e. The van der Waals surface area contributed by atoms with E-state index < -0.39 is 29.7 Å². The van der Waals surface area contributed by atoms with Crippen molar-refractivity contribution in [2.75, 3.05) is 5.32 Å². The first-order valence-corrected chi connectivity index (χ1v) is 10.2. The summed E-state index contributed by atoms with van der Waals surface area (Å²) in [4.78, 5) is 25.2. The van der Waals surface area contributed by atoms with Crippen LogP contribution in [0.1, 0.15) is 23.0 Å². The van der Waals surface area contributed by atoms with Crippen molar-refractivity contribution >= 4 is 51.2 Å². The lowest BCUT2D eigenvalue weighted by Gasteiger charge is -2.18. The molecule has 1 heterocycles. The van der Waals surface area contributed by atoms with E-state index in [1.54, 1.807) is 42.5 Å². The molecule has 5 nitrogen and oxygen atoms in total. The van der Waals surface area contributed by atoms with E-state index in [1.807, 2.05) is 0 Å². The monoisotopic (exact) mass is 527 g/mol. The fourth-order valence-electron chi connectivity index (χ4n) is 2.62. The molecule has 1 amide bonds. The van der Waals surface area contributed by atoms with Gasteiger partial charge in [-0.15, -0.1) is 0 Å². The van der Waals surface area contributed by atoms with Crippen molar-refractivity contribution in [1.82, 2.24) is 0 Å². The van der Waals surface area contributed by atoms with Crippen molar-refractivity contribution in [3.05, 3.63) is 93.3 Å². The minimum atomic E-state index is -4.62. The molecule has 0 unspecified atom stereocenters. The number of halogens is 5. The highest BCUT2D eigenvalue weighted by Crippen LogP contribution is 2.34. The number of rotatable bonds is 6. The average molecular weight is 529 g/mol. The molecule has 0 aliphatic heterocycles. The molecule has 0 aliphatic rings. The average Bonchev–Trinajstić information content (AvgIpc) is 3.17. The van der Waals surface area contributed by atoms with Gasteiger partial charge < -0.3 is 14.5 Å². The third-order valence-electron chi connectivity index (χ3n) is 4.10. The molecule has 32 heavy (non-hydrogen) atoms. The number of alkyl halides is 3. The van der Waals surface area contributed by atoms with Crippen LogP contribution in [0.5, 0.6) is 0 Å². The first kappa shape index (κ1) is 23.6. The van der Waals surface area contributed by atoms with Gasteiger partial charge in [0.1, 0.15) is 5.76 Å². The maximum atomic E-state index is 13.0. The number of esters is 1. The molecule has 0 aliphatic carbocycles. The Bertz CT molecular complexity index is 1150. The second-order valence-corrected chi connectivity index (χ2v) is 7.57. The van der Waals surface area contributed by atoms with Gasteiger partial charge in [0.25, 0.3) is 5.91 Å². The molecule has 1 N–H and O–H groups in total. The van der Waals surface area contributed by atoms with Gasteiger partial charge in [-0.1, -0.05) is 41.9 Å². The van der Waals surface area contributed by atoms with Crippen LogP contribution in [-0.4, -0.2) is 11.9 Å². The number of furan rings is 1. The zero-order valence-corrected chi connectivity index (χ0v) is 18.4. The summed E-state index contributed by atoms with van der Waals surface area (Å²) in [6, 6.07) is 13.8. The molecule has 0 radical (unpaired) electrons. The normalized spacial score (nSPS) is 12.5. The highest BCUT2D eigenvalue weighted by molar-refractivity contribution is 9.10. The molecule has 2 aromatic carbocycles. The number of carbonyl (C=O) groups excluding carboxylic acids is 2. The molecule has 3 aromatic rings. The van der Waals surface area contributed by atoms with Crippen LogP contribution < -0.4 is 5.32 Å². The minimum Gasteiger partial charge on any atom is -0.450 e. The van der Waals surface area contributed by atoms with E-state index >= 15 is 0 Å². The number of anilines is 1. The summed E-state index contributed by atoms with van der Waals surface area (Å²) in [6.07, 6.45) is -3.66. The largest absolute Gasteiger partial charge is 0.450 e. The Morgan fingerprint density at radius 2 is 1.81 bits per heavy atom. The maximum absolute atomic E-state index is 13.0.